The van der Waals surface area contributed by atoms with Gasteiger partial charge in [0.05, 0.1) is 25.4 Å². The number of benzene rings is 1. The summed E-state index contributed by atoms with van der Waals surface area (Å²) in [6.45, 7) is 1.66. The Kier molecular flexibility index (Phi) is 5.09. The van der Waals surface area contributed by atoms with Crippen LogP contribution in [0.25, 0.3) is 0 Å². The highest BCUT2D eigenvalue weighted by Crippen LogP contribution is 2.06. The highest BCUT2D eigenvalue weighted by molar-refractivity contribution is 5.87. The third kappa shape index (κ3) is 4.04. The molecule has 1 saturated heterocycles. The number of ether oxygens (including phenoxy) is 2. The fraction of sp³-hybridized carbons (Fsp3) is 0.429. The minimum atomic E-state index is -0.955. The van der Waals surface area contributed by atoms with E-state index in [-0.39, 0.29) is 18.1 Å². The number of hydrogen-bond donors (Lipinski definition) is 2. The molecular weight excluding hydrogens is 262 g/mol. The molecule has 20 heavy (non-hydrogen) atoms. The fourth-order valence-corrected chi connectivity index (χ4v) is 1.94. The van der Waals surface area contributed by atoms with E-state index in [9.17, 15) is 9.59 Å². The van der Waals surface area contributed by atoms with Gasteiger partial charge in [-0.1, -0.05) is 12.1 Å². The van der Waals surface area contributed by atoms with E-state index >= 15 is 0 Å². The number of carbonyl (C=O) groups is 2. The largest absolute Gasteiger partial charge is 0.478 e. The van der Waals surface area contributed by atoms with E-state index in [0.717, 1.165) is 5.56 Å². The zero-order valence-corrected chi connectivity index (χ0v) is 11.0. The van der Waals surface area contributed by atoms with Gasteiger partial charge in [-0.2, -0.15) is 0 Å². The Morgan fingerprint density at radius 2 is 2.20 bits per heavy atom. The molecule has 1 fully saturated rings. The molecule has 1 aliphatic heterocycles. The number of hydrogen-bond acceptors (Lipinski definition) is 4. The normalized spacial score (nSPS) is 18.5. The van der Waals surface area contributed by atoms with E-state index < -0.39 is 12.1 Å². The van der Waals surface area contributed by atoms with Gasteiger partial charge >= 0.3 is 5.97 Å². The molecule has 1 aromatic carbocycles. The van der Waals surface area contributed by atoms with Crippen LogP contribution in [0.2, 0.25) is 0 Å². The van der Waals surface area contributed by atoms with Crippen molar-refractivity contribution in [3.05, 3.63) is 35.4 Å². The SMILES string of the molecule is O=C(O)c1cccc(CCNC(=O)C2COCCO2)c1. The van der Waals surface area contributed by atoms with Crippen LogP contribution in [-0.2, 0) is 20.7 Å². The summed E-state index contributed by atoms with van der Waals surface area (Å²) in [5, 5.41) is 11.7. The minimum absolute atomic E-state index is 0.195. The van der Waals surface area contributed by atoms with Crippen LogP contribution in [0, 0.1) is 0 Å². The molecule has 1 unspecified atom stereocenters. The van der Waals surface area contributed by atoms with Gasteiger partial charge in [0.1, 0.15) is 0 Å². The Bertz CT molecular complexity index is 482. The molecule has 1 atom stereocenters. The van der Waals surface area contributed by atoms with Crippen molar-refractivity contribution < 1.29 is 24.2 Å². The van der Waals surface area contributed by atoms with Gasteiger partial charge < -0.3 is 19.9 Å². The first-order valence-electron chi connectivity index (χ1n) is 6.46. The number of carboxylic acids is 1. The number of carbonyl (C=O) groups excluding carboxylic acids is 1. The molecule has 0 spiro atoms. The summed E-state index contributed by atoms with van der Waals surface area (Å²) in [6, 6.07) is 6.67. The Labute approximate surface area is 116 Å². The first-order valence-corrected chi connectivity index (χ1v) is 6.46. The lowest BCUT2D eigenvalue weighted by Gasteiger charge is -2.22. The topological polar surface area (TPSA) is 84.9 Å². The average Bonchev–Trinajstić information content (AvgIpc) is 2.48. The van der Waals surface area contributed by atoms with Gasteiger partial charge in [0.15, 0.2) is 6.10 Å². The lowest BCUT2D eigenvalue weighted by atomic mass is 10.1. The van der Waals surface area contributed by atoms with Gasteiger partial charge in [-0.05, 0) is 24.1 Å². The quantitative estimate of drug-likeness (QED) is 0.818. The van der Waals surface area contributed by atoms with E-state index in [1.165, 1.54) is 6.07 Å². The highest BCUT2D eigenvalue weighted by Gasteiger charge is 2.21. The smallest absolute Gasteiger partial charge is 0.335 e. The Hall–Kier alpha value is -1.92. The predicted molar refractivity (Wildman–Crippen MR) is 70.7 cm³/mol. The molecule has 0 radical (unpaired) electrons. The fourth-order valence-electron chi connectivity index (χ4n) is 1.94. The summed E-state index contributed by atoms with van der Waals surface area (Å²) in [4.78, 5) is 22.6. The monoisotopic (exact) mass is 279 g/mol. The molecule has 2 N–H and O–H groups in total. The van der Waals surface area contributed by atoms with Crippen LogP contribution in [0.15, 0.2) is 24.3 Å². The van der Waals surface area contributed by atoms with Crippen LogP contribution in [0.1, 0.15) is 15.9 Å². The summed E-state index contributed by atoms with van der Waals surface area (Å²) in [6.07, 6.45) is 0.0228. The maximum atomic E-state index is 11.8. The number of aromatic carboxylic acids is 1. The average molecular weight is 279 g/mol. The molecule has 2 rings (SSSR count). The Morgan fingerprint density at radius 1 is 1.35 bits per heavy atom. The van der Waals surface area contributed by atoms with E-state index in [2.05, 4.69) is 5.32 Å². The van der Waals surface area contributed by atoms with Crippen molar-refractivity contribution in [1.29, 1.82) is 0 Å². The zero-order valence-electron chi connectivity index (χ0n) is 11.0. The van der Waals surface area contributed by atoms with E-state index in [1.54, 1.807) is 12.1 Å². The van der Waals surface area contributed by atoms with Crippen LogP contribution in [0.4, 0.5) is 0 Å². The zero-order chi connectivity index (χ0) is 14.4. The van der Waals surface area contributed by atoms with Gasteiger partial charge in [0.2, 0.25) is 0 Å². The summed E-state index contributed by atoms with van der Waals surface area (Å²) in [7, 11) is 0. The van der Waals surface area contributed by atoms with Crippen molar-refractivity contribution in [1.82, 2.24) is 5.32 Å². The second-order valence-electron chi connectivity index (χ2n) is 4.48. The van der Waals surface area contributed by atoms with Crippen molar-refractivity contribution in [3.63, 3.8) is 0 Å². The van der Waals surface area contributed by atoms with Gasteiger partial charge in [-0.3, -0.25) is 4.79 Å². The van der Waals surface area contributed by atoms with Gasteiger partial charge in [0.25, 0.3) is 5.91 Å². The molecule has 0 aliphatic carbocycles. The lowest BCUT2D eigenvalue weighted by Crippen LogP contribution is -2.43. The van der Waals surface area contributed by atoms with E-state index in [1.807, 2.05) is 6.07 Å². The van der Waals surface area contributed by atoms with Crippen LogP contribution in [0.3, 0.4) is 0 Å². The second kappa shape index (κ2) is 7.02. The molecule has 1 aromatic rings. The summed E-state index contributed by atoms with van der Waals surface area (Å²) in [5.41, 5.74) is 1.11. The third-order valence-corrected chi connectivity index (χ3v) is 3.00. The van der Waals surface area contributed by atoms with Gasteiger partial charge in [0, 0.05) is 6.54 Å². The van der Waals surface area contributed by atoms with Crippen molar-refractivity contribution in [3.8, 4) is 0 Å². The molecule has 0 aromatic heterocycles. The lowest BCUT2D eigenvalue weighted by molar-refractivity contribution is -0.147. The summed E-state index contributed by atoms with van der Waals surface area (Å²) >= 11 is 0. The first kappa shape index (κ1) is 14.5. The van der Waals surface area contributed by atoms with Crippen LogP contribution >= 0.6 is 0 Å². The molecule has 1 aliphatic rings. The molecule has 6 nitrogen and oxygen atoms in total. The second-order valence-corrected chi connectivity index (χ2v) is 4.48. The van der Waals surface area contributed by atoms with Crippen LogP contribution in [0.5, 0.6) is 0 Å². The van der Waals surface area contributed by atoms with Gasteiger partial charge in [-0.25, -0.2) is 4.79 Å². The van der Waals surface area contributed by atoms with Gasteiger partial charge in [-0.15, -0.1) is 0 Å². The standard InChI is InChI=1S/C14H17NO5/c16-13(12-9-19-6-7-20-12)15-5-4-10-2-1-3-11(8-10)14(17)18/h1-3,8,12H,4-7,9H2,(H,15,16)(H,17,18). The van der Waals surface area contributed by atoms with Crippen molar-refractivity contribution >= 4 is 11.9 Å². The number of amides is 1. The van der Waals surface area contributed by atoms with E-state index in [0.29, 0.717) is 26.2 Å². The number of rotatable bonds is 5. The molecule has 6 heteroatoms. The number of carboxylic acid groups (broad SMARTS) is 1. The molecule has 108 valence electrons. The maximum Gasteiger partial charge on any atom is 0.335 e. The third-order valence-electron chi connectivity index (χ3n) is 3.00. The summed E-state index contributed by atoms with van der Waals surface area (Å²) < 4.78 is 10.4. The van der Waals surface area contributed by atoms with Crippen molar-refractivity contribution in [2.24, 2.45) is 0 Å². The molecule has 0 bridgehead atoms. The van der Waals surface area contributed by atoms with Crippen LogP contribution < -0.4 is 5.32 Å². The first-order chi connectivity index (χ1) is 9.66. The predicted octanol–water partition coefficient (Wildman–Crippen LogP) is 0.459. The molecular formula is C14H17NO5. The van der Waals surface area contributed by atoms with E-state index in [4.69, 9.17) is 14.6 Å². The number of nitrogens with one attached hydrogen (secondary N) is 1. The maximum absolute atomic E-state index is 11.8. The van der Waals surface area contributed by atoms with Crippen molar-refractivity contribution in [2.75, 3.05) is 26.4 Å². The summed E-state index contributed by atoms with van der Waals surface area (Å²) in [5.74, 6) is -1.15. The van der Waals surface area contributed by atoms with Crippen molar-refractivity contribution in [2.45, 2.75) is 12.5 Å². The molecule has 0 saturated carbocycles. The van der Waals surface area contributed by atoms with Crippen LogP contribution in [-0.4, -0.2) is 49.5 Å². The Balaban J connectivity index is 1.79. The Morgan fingerprint density at radius 3 is 2.90 bits per heavy atom. The minimum Gasteiger partial charge on any atom is -0.478 e. The molecule has 1 heterocycles. The highest BCUT2D eigenvalue weighted by atomic mass is 16.6. The molecule has 1 amide bonds.